The Morgan fingerprint density at radius 2 is 1.79 bits per heavy atom. The van der Waals surface area contributed by atoms with Gasteiger partial charge in [-0.1, -0.05) is 47.5 Å². The summed E-state index contributed by atoms with van der Waals surface area (Å²) in [5.74, 6) is -1.67. The van der Waals surface area contributed by atoms with Gasteiger partial charge in [0.05, 0.1) is 41.2 Å². The molecular weight excluding hydrogens is 592 g/mol. The molecule has 0 fully saturated rings. The molecule has 12 heteroatoms. The van der Waals surface area contributed by atoms with E-state index in [2.05, 4.69) is 10.6 Å². The smallest absolute Gasteiger partial charge is 0.416 e. The fourth-order valence-electron chi connectivity index (χ4n) is 4.93. The van der Waals surface area contributed by atoms with Crippen molar-refractivity contribution >= 4 is 40.8 Å². The highest BCUT2D eigenvalue weighted by molar-refractivity contribution is 6.35. The van der Waals surface area contributed by atoms with Crippen molar-refractivity contribution in [1.82, 2.24) is 20.4 Å². The lowest BCUT2D eigenvalue weighted by molar-refractivity contribution is -0.136. The molecule has 1 aliphatic carbocycles. The summed E-state index contributed by atoms with van der Waals surface area (Å²) < 4.78 is 41.8. The number of nitrogens with one attached hydrogen (secondary N) is 2. The van der Waals surface area contributed by atoms with Crippen LogP contribution in [0.3, 0.4) is 0 Å². The maximum absolute atomic E-state index is 13.4. The molecule has 5 rings (SSSR count). The van der Waals surface area contributed by atoms with Crippen LogP contribution in [0.4, 0.5) is 13.2 Å². The monoisotopic (exact) mass is 616 g/mol. The number of alkyl halides is 3. The number of benzene rings is 2. The number of carboxylic acids is 1. The van der Waals surface area contributed by atoms with Crippen molar-refractivity contribution in [3.8, 4) is 11.3 Å². The minimum atomic E-state index is -4.44. The first-order valence-corrected chi connectivity index (χ1v) is 13.8. The average molecular weight is 617 g/mol. The van der Waals surface area contributed by atoms with E-state index in [9.17, 15) is 22.8 Å². The largest absolute Gasteiger partial charge is 0.481 e. The molecule has 3 unspecified atom stereocenters. The lowest BCUT2D eigenvalue weighted by Crippen LogP contribution is -2.30. The minimum absolute atomic E-state index is 0.0121. The maximum atomic E-state index is 13.4. The number of nitrogens with zero attached hydrogens (tertiary/aromatic N) is 2. The Kier molecular flexibility index (Phi) is 8.21. The van der Waals surface area contributed by atoms with Crippen LogP contribution >= 0.6 is 23.2 Å². The van der Waals surface area contributed by atoms with Gasteiger partial charge in [-0.15, -0.1) is 0 Å². The third-order valence-electron chi connectivity index (χ3n) is 7.10. The number of carbonyl (C=O) groups excluding carboxylic acids is 1. The Labute approximate surface area is 249 Å². The lowest BCUT2D eigenvalue weighted by atomic mass is 9.93. The molecule has 2 aliphatic rings. The average Bonchev–Trinajstić information content (AvgIpc) is 3.56. The Balaban J connectivity index is 1.47. The summed E-state index contributed by atoms with van der Waals surface area (Å²) in [6, 6.07) is 12.8. The van der Waals surface area contributed by atoms with Crippen molar-refractivity contribution in [1.29, 1.82) is 0 Å². The van der Waals surface area contributed by atoms with E-state index in [1.54, 1.807) is 47.1 Å². The SMILES string of the molecule is CC(c1ccc(C(=O)NCCC(=O)O)cc1)n1nc(-c2cc(Cl)cc(Cl)c2)cc1C1=CC2C=CC(C(F)(F)F)=CC2N1. The molecule has 7 nitrogen and oxygen atoms in total. The fraction of sp³-hybridized carbons (Fsp3) is 0.233. The molecule has 1 aliphatic heterocycles. The highest BCUT2D eigenvalue weighted by Gasteiger charge is 2.37. The predicted octanol–water partition coefficient (Wildman–Crippen LogP) is 6.66. The first kappa shape index (κ1) is 29.5. The third kappa shape index (κ3) is 6.39. The van der Waals surface area contributed by atoms with E-state index in [1.165, 1.54) is 12.2 Å². The van der Waals surface area contributed by atoms with E-state index >= 15 is 0 Å². The normalized spacial score (nSPS) is 18.5. The molecule has 3 N–H and O–H groups in total. The summed E-state index contributed by atoms with van der Waals surface area (Å²) in [5, 5.41) is 20.3. The van der Waals surface area contributed by atoms with Gasteiger partial charge in [-0.2, -0.15) is 18.3 Å². The Morgan fingerprint density at radius 1 is 1.10 bits per heavy atom. The van der Waals surface area contributed by atoms with Crippen LogP contribution in [0.25, 0.3) is 17.0 Å². The van der Waals surface area contributed by atoms with Crippen LogP contribution < -0.4 is 10.6 Å². The number of carbonyl (C=O) groups is 2. The number of hydrogen-bond acceptors (Lipinski definition) is 4. The van der Waals surface area contributed by atoms with Gasteiger partial charge >= 0.3 is 12.1 Å². The van der Waals surface area contributed by atoms with Crippen molar-refractivity contribution < 1.29 is 27.9 Å². The van der Waals surface area contributed by atoms with E-state index < -0.39 is 29.7 Å². The zero-order valence-electron chi connectivity index (χ0n) is 22.1. The molecular formula is C30H25Cl2F3N4O3. The van der Waals surface area contributed by atoms with Gasteiger partial charge in [0.1, 0.15) is 0 Å². The molecule has 0 saturated heterocycles. The number of amides is 1. The standard InChI is InChI=1S/C30H25Cl2F3N4O3/c1-16(17-2-4-18(5-3-17)29(42)36-9-8-28(40)41)39-27(15-25(38-39)20-10-22(31)14-23(32)11-20)26-12-19-6-7-21(30(33,34)35)13-24(19)37-26/h2-7,10-16,19,24,37H,8-9H2,1H3,(H,36,42)(H,40,41). The second-order valence-corrected chi connectivity index (χ2v) is 10.9. The fourth-order valence-corrected chi connectivity index (χ4v) is 5.46. The summed E-state index contributed by atoms with van der Waals surface area (Å²) in [5.41, 5.74) is 2.99. The van der Waals surface area contributed by atoms with Crippen LogP contribution in [0.2, 0.25) is 10.0 Å². The second kappa shape index (κ2) is 11.7. The van der Waals surface area contributed by atoms with Crippen LogP contribution in [-0.2, 0) is 4.79 Å². The first-order chi connectivity index (χ1) is 19.9. The summed E-state index contributed by atoms with van der Waals surface area (Å²) >= 11 is 12.5. The first-order valence-electron chi connectivity index (χ1n) is 13.0. The second-order valence-electron chi connectivity index (χ2n) is 10.0. The van der Waals surface area contributed by atoms with Crippen molar-refractivity contribution in [2.45, 2.75) is 31.6 Å². The lowest BCUT2D eigenvalue weighted by Gasteiger charge is -2.21. The third-order valence-corrected chi connectivity index (χ3v) is 7.53. The molecule has 1 aromatic heterocycles. The van der Waals surface area contributed by atoms with E-state index in [1.807, 2.05) is 19.1 Å². The number of carboxylic acid groups (broad SMARTS) is 1. The molecule has 0 bridgehead atoms. The molecule has 0 spiro atoms. The number of halogens is 5. The molecule has 2 aromatic carbocycles. The summed E-state index contributed by atoms with van der Waals surface area (Å²) in [7, 11) is 0. The molecule has 3 aromatic rings. The Hall–Kier alpha value is -4.02. The van der Waals surface area contributed by atoms with Crippen molar-refractivity contribution in [2.24, 2.45) is 5.92 Å². The van der Waals surface area contributed by atoms with Crippen LogP contribution in [-0.4, -0.2) is 45.5 Å². The molecule has 0 saturated carbocycles. The van der Waals surface area contributed by atoms with E-state index in [0.29, 0.717) is 38.3 Å². The van der Waals surface area contributed by atoms with Gasteiger partial charge in [-0.05, 0) is 61.0 Å². The Morgan fingerprint density at radius 3 is 2.43 bits per heavy atom. The zero-order valence-corrected chi connectivity index (χ0v) is 23.6. The molecule has 2 heterocycles. The molecule has 42 heavy (non-hydrogen) atoms. The maximum Gasteiger partial charge on any atom is 0.416 e. The number of aliphatic carboxylic acids is 1. The highest BCUT2D eigenvalue weighted by Crippen LogP contribution is 2.37. The van der Waals surface area contributed by atoms with Crippen LogP contribution in [0, 0.1) is 5.92 Å². The Bertz CT molecular complexity index is 1610. The molecule has 0 radical (unpaired) electrons. The summed E-state index contributed by atoms with van der Waals surface area (Å²) in [6.45, 7) is 1.93. The van der Waals surface area contributed by atoms with Gasteiger partial charge in [0.25, 0.3) is 5.91 Å². The number of aromatic nitrogens is 2. The minimum Gasteiger partial charge on any atom is -0.481 e. The summed E-state index contributed by atoms with van der Waals surface area (Å²) in [4.78, 5) is 23.1. The van der Waals surface area contributed by atoms with Gasteiger partial charge < -0.3 is 15.7 Å². The van der Waals surface area contributed by atoms with E-state index in [4.69, 9.17) is 33.4 Å². The number of hydrogen-bond donors (Lipinski definition) is 3. The van der Waals surface area contributed by atoms with Crippen LogP contribution in [0.1, 0.15) is 41.0 Å². The molecule has 3 atom stereocenters. The predicted molar refractivity (Wildman–Crippen MR) is 154 cm³/mol. The molecule has 218 valence electrons. The van der Waals surface area contributed by atoms with Crippen LogP contribution in [0.15, 0.2) is 78.4 Å². The van der Waals surface area contributed by atoms with E-state index in [-0.39, 0.29) is 24.9 Å². The van der Waals surface area contributed by atoms with Crippen molar-refractivity contribution in [3.63, 3.8) is 0 Å². The van der Waals surface area contributed by atoms with Crippen molar-refractivity contribution in [2.75, 3.05) is 6.54 Å². The number of fused-ring (bicyclic) bond motifs is 1. The zero-order chi connectivity index (χ0) is 30.2. The van der Waals surface area contributed by atoms with Gasteiger partial charge in [0.15, 0.2) is 0 Å². The number of rotatable bonds is 8. The number of allylic oxidation sites excluding steroid dienone is 2. The van der Waals surface area contributed by atoms with Gasteiger partial charge in [0, 0.05) is 33.6 Å². The van der Waals surface area contributed by atoms with Gasteiger partial charge in [0.2, 0.25) is 0 Å². The molecule has 1 amide bonds. The van der Waals surface area contributed by atoms with Gasteiger partial charge in [-0.25, -0.2) is 0 Å². The topological polar surface area (TPSA) is 96.3 Å². The summed E-state index contributed by atoms with van der Waals surface area (Å²) in [6.07, 6.45) is 1.08. The van der Waals surface area contributed by atoms with Crippen LogP contribution in [0.5, 0.6) is 0 Å². The van der Waals surface area contributed by atoms with Gasteiger partial charge in [-0.3, -0.25) is 14.3 Å². The van der Waals surface area contributed by atoms with Crippen molar-refractivity contribution in [3.05, 3.63) is 105 Å². The van der Waals surface area contributed by atoms with E-state index in [0.717, 1.165) is 11.6 Å². The highest BCUT2D eigenvalue weighted by atomic mass is 35.5. The quantitative estimate of drug-likeness (QED) is 0.263.